The highest BCUT2D eigenvalue weighted by Crippen LogP contribution is 2.38. The maximum Gasteiger partial charge on any atom is 0.104 e. The molecule has 82 valence electrons. The number of methoxy groups -OCH3 is 1. The van der Waals surface area contributed by atoms with Gasteiger partial charge in [-0.2, -0.15) is 0 Å². The van der Waals surface area contributed by atoms with Crippen LogP contribution in [0.1, 0.15) is 26.2 Å². The van der Waals surface area contributed by atoms with Crippen LogP contribution >= 0.6 is 0 Å². The molecule has 0 aromatic carbocycles. The maximum absolute atomic E-state index is 5.35. The van der Waals surface area contributed by atoms with E-state index in [0.717, 1.165) is 19.1 Å². The molecule has 2 saturated heterocycles. The first-order chi connectivity index (χ1) is 6.79. The first-order valence-electron chi connectivity index (χ1n) is 5.55. The molecule has 14 heavy (non-hydrogen) atoms. The number of epoxide rings is 2. The van der Waals surface area contributed by atoms with Crippen molar-refractivity contribution in [1.82, 2.24) is 0 Å². The molecule has 0 radical (unpaired) electrons. The van der Waals surface area contributed by atoms with E-state index in [1.165, 1.54) is 19.3 Å². The van der Waals surface area contributed by atoms with Crippen molar-refractivity contribution >= 4 is 0 Å². The number of hydrogen-bond acceptors (Lipinski definition) is 3. The lowest BCUT2D eigenvalue weighted by Crippen LogP contribution is -2.09. The Kier molecular flexibility index (Phi) is 3.42. The molecule has 0 aromatic heterocycles. The van der Waals surface area contributed by atoms with Crippen LogP contribution in [0.15, 0.2) is 0 Å². The second-order valence-electron chi connectivity index (χ2n) is 4.54. The summed E-state index contributed by atoms with van der Waals surface area (Å²) in [5.41, 5.74) is 0. The van der Waals surface area contributed by atoms with E-state index < -0.39 is 0 Å². The van der Waals surface area contributed by atoms with Crippen LogP contribution in [0, 0.1) is 5.92 Å². The topological polar surface area (TPSA) is 34.3 Å². The molecule has 0 bridgehead atoms. The highest BCUT2D eigenvalue weighted by Gasteiger charge is 2.42. The number of ether oxygens (including phenoxy) is 3. The molecule has 0 N–H and O–H groups in total. The van der Waals surface area contributed by atoms with Crippen molar-refractivity contribution in [3.63, 3.8) is 0 Å². The van der Waals surface area contributed by atoms with Crippen molar-refractivity contribution in [2.75, 3.05) is 20.3 Å². The predicted molar refractivity (Wildman–Crippen MR) is 53.3 cm³/mol. The van der Waals surface area contributed by atoms with Gasteiger partial charge in [0.15, 0.2) is 0 Å². The second-order valence-corrected chi connectivity index (χ2v) is 4.54. The minimum atomic E-state index is 0.426. The fourth-order valence-corrected chi connectivity index (χ4v) is 1.95. The monoisotopic (exact) mass is 200 g/mol. The van der Waals surface area contributed by atoms with Crippen LogP contribution in [0.25, 0.3) is 0 Å². The van der Waals surface area contributed by atoms with E-state index in [-0.39, 0.29) is 0 Å². The average Bonchev–Trinajstić information content (AvgIpc) is 2.97. The summed E-state index contributed by atoms with van der Waals surface area (Å²) in [5, 5.41) is 0. The molecule has 0 amide bonds. The Morgan fingerprint density at radius 3 is 2.50 bits per heavy atom. The lowest BCUT2D eigenvalue weighted by atomic mass is 9.91. The molecule has 1 aliphatic carbocycles. The Morgan fingerprint density at radius 1 is 1.29 bits per heavy atom. The Morgan fingerprint density at radius 2 is 2.07 bits per heavy atom. The van der Waals surface area contributed by atoms with E-state index in [1.807, 2.05) is 0 Å². The van der Waals surface area contributed by atoms with Crippen molar-refractivity contribution in [3.8, 4) is 0 Å². The first kappa shape index (κ1) is 10.4. The van der Waals surface area contributed by atoms with Crippen LogP contribution in [0.3, 0.4) is 0 Å². The van der Waals surface area contributed by atoms with Crippen LogP contribution < -0.4 is 0 Å². The third-order valence-corrected chi connectivity index (χ3v) is 3.02. The van der Waals surface area contributed by atoms with Gasteiger partial charge in [0.25, 0.3) is 0 Å². The number of hydrogen-bond donors (Lipinski definition) is 0. The van der Waals surface area contributed by atoms with E-state index in [9.17, 15) is 0 Å². The average molecular weight is 200 g/mol. The van der Waals surface area contributed by atoms with Crippen molar-refractivity contribution < 1.29 is 14.2 Å². The SMILES string of the molecule is CC1CCC2OC2C1.COCC1CO1. The molecule has 0 aromatic rings. The summed E-state index contributed by atoms with van der Waals surface area (Å²) in [7, 11) is 1.68. The number of rotatable bonds is 2. The number of fused-ring (bicyclic) bond motifs is 1. The lowest BCUT2D eigenvalue weighted by molar-refractivity contribution is 0.171. The smallest absolute Gasteiger partial charge is 0.104 e. The summed E-state index contributed by atoms with van der Waals surface area (Å²) in [5.74, 6) is 0.929. The zero-order chi connectivity index (χ0) is 9.97. The fraction of sp³-hybridized carbons (Fsp3) is 1.00. The summed E-state index contributed by atoms with van der Waals surface area (Å²) >= 11 is 0. The van der Waals surface area contributed by atoms with Crippen LogP contribution in [-0.2, 0) is 14.2 Å². The van der Waals surface area contributed by atoms with Gasteiger partial charge < -0.3 is 14.2 Å². The minimum absolute atomic E-state index is 0.426. The molecule has 0 spiro atoms. The summed E-state index contributed by atoms with van der Waals surface area (Å²) in [6.45, 7) is 3.98. The highest BCUT2D eigenvalue weighted by molar-refractivity contribution is 4.90. The van der Waals surface area contributed by atoms with Gasteiger partial charge in [0, 0.05) is 7.11 Å². The molecule has 3 heteroatoms. The van der Waals surface area contributed by atoms with E-state index in [4.69, 9.17) is 14.2 Å². The van der Waals surface area contributed by atoms with Crippen molar-refractivity contribution in [2.45, 2.75) is 44.5 Å². The minimum Gasteiger partial charge on any atom is -0.382 e. The van der Waals surface area contributed by atoms with Gasteiger partial charge in [-0.1, -0.05) is 6.92 Å². The molecule has 2 aliphatic heterocycles. The summed E-state index contributed by atoms with van der Waals surface area (Å²) < 4.78 is 14.9. The van der Waals surface area contributed by atoms with Crippen molar-refractivity contribution in [3.05, 3.63) is 0 Å². The normalized spacial score (nSPS) is 43.3. The molecule has 1 saturated carbocycles. The molecule has 2 heterocycles. The van der Waals surface area contributed by atoms with Crippen LogP contribution in [0.2, 0.25) is 0 Å². The van der Waals surface area contributed by atoms with Gasteiger partial charge in [0.2, 0.25) is 0 Å². The van der Waals surface area contributed by atoms with E-state index >= 15 is 0 Å². The van der Waals surface area contributed by atoms with Gasteiger partial charge in [0.1, 0.15) is 6.10 Å². The molecule has 3 rings (SSSR count). The molecule has 4 atom stereocenters. The Labute approximate surface area is 85.7 Å². The third kappa shape index (κ3) is 3.23. The second kappa shape index (κ2) is 4.60. The fourth-order valence-electron chi connectivity index (χ4n) is 1.95. The van der Waals surface area contributed by atoms with Gasteiger partial charge in [0.05, 0.1) is 25.4 Å². The van der Waals surface area contributed by atoms with Crippen LogP contribution in [0.4, 0.5) is 0 Å². The maximum atomic E-state index is 5.35. The lowest BCUT2D eigenvalue weighted by Gasteiger charge is -2.11. The van der Waals surface area contributed by atoms with Gasteiger partial charge in [-0.25, -0.2) is 0 Å². The largest absolute Gasteiger partial charge is 0.382 e. The van der Waals surface area contributed by atoms with E-state index in [1.54, 1.807) is 7.11 Å². The molecule has 4 unspecified atom stereocenters. The third-order valence-electron chi connectivity index (χ3n) is 3.02. The standard InChI is InChI=1S/C7H12O.C4H8O2/c1-5-2-3-6-7(4-5)8-6;1-5-2-4-3-6-4/h5-7H,2-4H2,1H3;4H,2-3H2,1H3. The molecule has 3 nitrogen and oxygen atoms in total. The van der Waals surface area contributed by atoms with Gasteiger partial charge in [-0.3, -0.25) is 0 Å². The summed E-state index contributed by atoms with van der Waals surface area (Å²) in [4.78, 5) is 0. The van der Waals surface area contributed by atoms with E-state index in [2.05, 4.69) is 6.92 Å². The highest BCUT2D eigenvalue weighted by atomic mass is 16.6. The van der Waals surface area contributed by atoms with Gasteiger partial charge in [-0.15, -0.1) is 0 Å². The quantitative estimate of drug-likeness (QED) is 0.635. The zero-order valence-corrected chi connectivity index (χ0v) is 9.07. The Hall–Kier alpha value is -0.120. The zero-order valence-electron chi connectivity index (χ0n) is 9.07. The van der Waals surface area contributed by atoms with Crippen LogP contribution in [-0.4, -0.2) is 38.6 Å². The summed E-state index contributed by atoms with van der Waals surface area (Å²) in [6, 6.07) is 0. The van der Waals surface area contributed by atoms with Gasteiger partial charge >= 0.3 is 0 Å². The molecular weight excluding hydrogens is 180 g/mol. The molecule has 3 fully saturated rings. The summed E-state index contributed by atoms with van der Waals surface area (Å²) in [6.07, 6.45) is 5.83. The molecule has 3 aliphatic rings. The van der Waals surface area contributed by atoms with Gasteiger partial charge in [-0.05, 0) is 25.2 Å². The van der Waals surface area contributed by atoms with E-state index in [0.29, 0.717) is 18.3 Å². The predicted octanol–water partition coefficient (Wildman–Crippen LogP) is 1.61. The van der Waals surface area contributed by atoms with Crippen molar-refractivity contribution in [1.29, 1.82) is 0 Å². The van der Waals surface area contributed by atoms with Crippen molar-refractivity contribution in [2.24, 2.45) is 5.92 Å². The molecular formula is C11H20O3. The first-order valence-corrected chi connectivity index (χ1v) is 5.55. The Balaban J connectivity index is 0.000000112. The Bertz CT molecular complexity index is 179. The van der Waals surface area contributed by atoms with Crippen LogP contribution in [0.5, 0.6) is 0 Å².